The van der Waals surface area contributed by atoms with Crippen LogP contribution in [0.4, 0.5) is 0 Å². The summed E-state index contributed by atoms with van der Waals surface area (Å²) in [6.45, 7) is 8.40. The summed E-state index contributed by atoms with van der Waals surface area (Å²) < 4.78 is 0. The first-order chi connectivity index (χ1) is 9.06. The van der Waals surface area contributed by atoms with Crippen LogP contribution >= 0.6 is 0 Å². The van der Waals surface area contributed by atoms with Crippen LogP contribution in [-0.2, 0) is 11.2 Å². The monoisotopic (exact) mass is 259 g/mol. The van der Waals surface area contributed by atoms with Crippen LogP contribution in [0.25, 0.3) is 0 Å². The van der Waals surface area contributed by atoms with Crippen molar-refractivity contribution in [2.24, 2.45) is 5.92 Å². The minimum absolute atomic E-state index is 0.324. The van der Waals surface area contributed by atoms with Gasteiger partial charge in [0.15, 0.2) is 0 Å². The maximum Gasteiger partial charge on any atom is 0.222 e. The van der Waals surface area contributed by atoms with Gasteiger partial charge >= 0.3 is 0 Å². The van der Waals surface area contributed by atoms with E-state index in [1.54, 1.807) is 0 Å². The SMILES string of the molecule is Cc1ccc(CCC(=O)N2CCCC(C)C2)cc1C. The van der Waals surface area contributed by atoms with Gasteiger partial charge in [-0.25, -0.2) is 0 Å². The van der Waals surface area contributed by atoms with Gasteiger partial charge in [-0.05, 0) is 55.7 Å². The normalized spacial score (nSPS) is 19.5. The van der Waals surface area contributed by atoms with Crippen molar-refractivity contribution in [2.75, 3.05) is 13.1 Å². The van der Waals surface area contributed by atoms with Crippen molar-refractivity contribution in [3.8, 4) is 0 Å². The zero-order valence-corrected chi connectivity index (χ0v) is 12.4. The molecule has 0 bridgehead atoms. The van der Waals surface area contributed by atoms with Crippen LogP contribution in [0.2, 0.25) is 0 Å². The number of piperidine rings is 1. The number of aryl methyl sites for hydroxylation is 3. The summed E-state index contributed by atoms with van der Waals surface area (Å²) >= 11 is 0. The summed E-state index contributed by atoms with van der Waals surface area (Å²) in [6.07, 6.45) is 3.94. The quantitative estimate of drug-likeness (QED) is 0.813. The molecule has 1 atom stereocenters. The van der Waals surface area contributed by atoms with Crippen molar-refractivity contribution >= 4 is 5.91 Å². The molecule has 2 heteroatoms. The maximum atomic E-state index is 12.2. The molecule has 0 spiro atoms. The molecule has 1 aromatic rings. The Morgan fingerprint density at radius 3 is 2.79 bits per heavy atom. The maximum absolute atomic E-state index is 12.2. The number of hydrogen-bond acceptors (Lipinski definition) is 1. The fourth-order valence-corrected chi connectivity index (χ4v) is 2.78. The highest BCUT2D eigenvalue weighted by molar-refractivity contribution is 5.76. The Bertz CT molecular complexity index is 453. The lowest BCUT2D eigenvalue weighted by Gasteiger charge is -2.31. The van der Waals surface area contributed by atoms with Crippen LogP contribution in [0.1, 0.15) is 42.9 Å². The van der Waals surface area contributed by atoms with E-state index in [1.807, 2.05) is 0 Å². The molecule has 1 amide bonds. The Labute approximate surface area is 116 Å². The number of benzene rings is 1. The summed E-state index contributed by atoms with van der Waals surface area (Å²) in [5.41, 5.74) is 3.91. The number of amides is 1. The molecule has 19 heavy (non-hydrogen) atoms. The van der Waals surface area contributed by atoms with E-state index in [9.17, 15) is 4.79 Å². The number of carbonyl (C=O) groups excluding carboxylic acids is 1. The molecule has 0 aromatic heterocycles. The Hall–Kier alpha value is -1.31. The van der Waals surface area contributed by atoms with E-state index in [2.05, 4.69) is 43.9 Å². The predicted octanol–water partition coefficient (Wildman–Crippen LogP) is 3.49. The minimum atomic E-state index is 0.324. The lowest BCUT2D eigenvalue weighted by atomic mass is 9.99. The Balaban J connectivity index is 1.87. The molecule has 1 saturated heterocycles. The predicted molar refractivity (Wildman–Crippen MR) is 79.2 cm³/mol. The van der Waals surface area contributed by atoms with Gasteiger partial charge < -0.3 is 4.90 Å². The largest absolute Gasteiger partial charge is 0.342 e. The molecule has 2 nitrogen and oxygen atoms in total. The third-order valence-electron chi connectivity index (χ3n) is 4.21. The van der Waals surface area contributed by atoms with Crippen LogP contribution in [0.5, 0.6) is 0 Å². The minimum Gasteiger partial charge on any atom is -0.342 e. The summed E-state index contributed by atoms with van der Waals surface area (Å²) in [5, 5.41) is 0. The first-order valence-electron chi connectivity index (χ1n) is 7.40. The third-order valence-corrected chi connectivity index (χ3v) is 4.21. The van der Waals surface area contributed by atoms with Gasteiger partial charge in [0.2, 0.25) is 5.91 Å². The molecule has 1 aromatic carbocycles. The van der Waals surface area contributed by atoms with Gasteiger partial charge in [0.1, 0.15) is 0 Å². The van der Waals surface area contributed by atoms with Crippen molar-refractivity contribution in [1.29, 1.82) is 0 Å². The van der Waals surface area contributed by atoms with E-state index in [0.717, 1.165) is 25.9 Å². The van der Waals surface area contributed by atoms with E-state index in [4.69, 9.17) is 0 Å². The van der Waals surface area contributed by atoms with Crippen molar-refractivity contribution < 1.29 is 4.79 Å². The van der Waals surface area contributed by atoms with E-state index in [0.29, 0.717) is 18.2 Å². The molecule has 0 radical (unpaired) electrons. The van der Waals surface area contributed by atoms with Crippen molar-refractivity contribution in [3.63, 3.8) is 0 Å². The van der Waals surface area contributed by atoms with Crippen LogP contribution in [0.15, 0.2) is 18.2 Å². The van der Waals surface area contributed by atoms with Crippen LogP contribution < -0.4 is 0 Å². The van der Waals surface area contributed by atoms with Gasteiger partial charge in [-0.15, -0.1) is 0 Å². The lowest BCUT2D eigenvalue weighted by Crippen LogP contribution is -2.39. The number of hydrogen-bond donors (Lipinski definition) is 0. The van der Waals surface area contributed by atoms with Crippen LogP contribution in [0, 0.1) is 19.8 Å². The summed E-state index contributed by atoms with van der Waals surface area (Å²) in [5.74, 6) is 0.990. The second-order valence-electron chi connectivity index (χ2n) is 6.01. The Morgan fingerprint density at radius 2 is 2.11 bits per heavy atom. The average Bonchev–Trinajstić information content (AvgIpc) is 2.40. The molecule has 1 heterocycles. The standard InChI is InChI=1S/C17H25NO/c1-13-5-4-10-18(12-13)17(19)9-8-16-7-6-14(2)15(3)11-16/h6-7,11,13H,4-5,8-10,12H2,1-3H3. The number of rotatable bonds is 3. The fraction of sp³-hybridized carbons (Fsp3) is 0.588. The first kappa shape index (κ1) is 14.1. The molecule has 0 aliphatic carbocycles. The average molecular weight is 259 g/mol. The van der Waals surface area contributed by atoms with Crippen LogP contribution in [-0.4, -0.2) is 23.9 Å². The fourth-order valence-electron chi connectivity index (χ4n) is 2.78. The highest BCUT2D eigenvalue weighted by atomic mass is 16.2. The molecule has 1 fully saturated rings. The van der Waals surface area contributed by atoms with Crippen molar-refractivity contribution in [1.82, 2.24) is 4.90 Å². The number of nitrogens with zero attached hydrogens (tertiary/aromatic N) is 1. The zero-order chi connectivity index (χ0) is 13.8. The first-order valence-corrected chi connectivity index (χ1v) is 7.40. The molecule has 2 rings (SSSR count). The molecule has 0 saturated carbocycles. The topological polar surface area (TPSA) is 20.3 Å². The molecule has 104 valence electrons. The van der Waals surface area contributed by atoms with Gasteiger partial charge in [-0.3, -0.25) is 4.79 Å². The summed E-state index contributed by atoms with van der Waals surface area (Å²) in [7, 11) is 0. The number of carbonyl (C=O) groups is 1. The molecule has 0 N–H and O–H groups in total. The van der Waals surface area contributed by atoms with Crippen molar-refractivity contribution in [3.05, 3.63) is 34.9 Å². The van der Waals surface area contributed by atoms with E-state index < -0.39 is 0 Å². The highest BCUT2D eigenvalue weighted by Gasteiger charge is 2.20. The Kier molecular flexibility index (Phi) is 4.62. The smallest absolute Gasteiger partial charge is 0.222 e. The van der Waals surface area contributed by atoms with Gasteiger partial charge in [-0.2, -0.15) is 0 Å². The lowest BCUT2D eigenvalue weighted by molar-refractivity contribution is -0.132. The summed E-state index contributed by atoms with van der Waals surface area (Å²) in [4.78, 5) is 14.2. The van der Waals surface area contributed by atoms with Gasteiger partial charge in [-0.1, -0.05) is 25.1 Å². The molecule has 1 aliphatic rings. The molecular formula is C17H25NO. The molecular weight excluding hydrogens is 234 g/mol. The van der Waals surface area contributed by atoms with Crippen LogP contribution in [0.3, 0.4) is 0 Å². The van der Waals surface area contributed by atoms with Gasteiger partial charge in [0.05, 0.1) is 0 Å². The van der Waals surface area contributed by atoms with E-state index in [1.165, 1.54) is 23.1 Å². The van der Waals surface area contributed by atoms with Gasteiger partial charge in [0.25, 0.3) is 0 Å². The zero-order valence-electron chi connectivity index (χ0n) is 12.4. The molecule has 1 aliphatic heterocycles. The van der Waals surface area contributed by atoms with E-state index in [-0.39, 0.29) is 0 Å². The summed E-state index contributed by atoms with van der Waals surface area (Å²) in [6, 6.07) is 6.51. The second kappa shape index (κ2) is 6.23. The van der Waals surface area contributed by atoms with Crippen molar-refractivity contribution in [2.45, 2.75) is 46.5 Å². The van der Waals surface area contributed by atoms with E-state index >= 15 is 0 Å². The molecule has 1 unspecified atom stereocenters. The third kappa shape index (κ3) is 3.82. The number of likely N-dealkylation sites (tertiary alicyclic amines) is 1. The Morgan fingerprint density at radius 1 is 1.32 bits per heavy atom. The highest BCUT2D eigenvalue weighted by Crippen LogP contribution is 2.17. The van der Waals surface area contributed by atoms with Gasteiger partial charge in [0, 0.05) is 19.5 Å². The second-order valence-corrected chi connectivity index (χ2v) is 6.01.